The second kappa shape index (κ2) is 7.23. The number of aromatic nitrogens is 2. The summed E-state index contributed by atoms with van der Waals surface area (Å²) in [5, 5.41) is 4.05. The van der Waals surface area contributed by atoms with Crippen molar-refractivity contribution >= 4 is 17.4 Å². The summed E-state index contributed by atoms with van der Waals surface area (Å²) >= 11 is 6.16. The summed E-state index contributed by atoms with van der Waals surface area (Å²) in [5.74, 6) is 2.44. The van der Waals surface area contributed by atoms with Crippen LogP contribution in [0.25, 0.3) is 0 Å². The monoisotopic (exact) mass is 296 g/mol. The number of rotatable bonds is 5. The number of aryl methyl sites for hydroxylation is 1. The first kappa shape index (κ1) is 15.5. The average molecular weight is 297 g/mol. The SMILES string of the molecule is CCc1nc(Cl)c(C)c(NCC2CCN(CC)CC2)n1. The minimum absolute atomic E-state index is 0.570. The first-order chi connectivity index (χ1) is 9.63. The van der Waals surface area contributed by atoms with Crippen LogP contribution in [0.2, 0.25) is 5.15 Å². The van der Waals surface area contributed by atoms with Gasteiger partial charge in [0.2, 0.25) is 0 Å². The van der Waals surface area contributed by atoms with E-state index in [9.17, 15) is 0 Å². The second-order valence-electron chi connectivity index (χ2n) is 5.52. The third-order valence-corrected chi connectivity index (χ3v) is 4.53. The molecule has 112 valence electrons. The molecule has 1 aliphatic heterocycles. The molecule has 0 aliphatic carbocycles. The van der Waals surface area contributed by atoms with Crippen LogP contribution >= 0.6 is 11.6 Å². The number of likely N-dealkylation sites (tertiary alicyclic amines) is 1. The van der Waals surface area contributed by atoms with Gasteiger partial charge in [-0.1, -0.05) is 25.4 Å². The quantitative estimate of drug-likeness (QED) is 0.848. The number of nitrogens with one attached hydrogen (secondary N) is 1. The number of halogens is 1. The third kappa shape index (κ3) is 3.83. The highest BCUT2D eigenvalue weighted by atomic mass is 35.5. The van der Waals surface area contributed by atoms with E-state index in [2.05, 4.69) is 27.1 Å². The average Bonchev–Trinajstić information content (AvgIpc) is 2.49. The fourth-order valence-corrected chi connectivity index (χ4v) is 2.80. The molecule has 4 nitrogen and oxygen atoms in total. The fraction of sp³-hybridized carbons (Fsp3) is 0.733. The fourth-order valence-electron chi connectivity index (χ4n) is 2.61. The molecule has 0 unspecified atom stereocenters. The summed E-state index contributed by atoms with van der Waals surface area (Å²) in [6.07, 6.45) is 3.34. The van der Waals surface area contributed by atoms with Crippen molar-refractivity contribution in [3.63, 3.8) is 0 Å². The van der Waals surface area contributed by atoms with Crippen LogP contribution in [0.3, 0.4) is 0 Å². The predicted octanol–water partition coefficient (Wildman–Crippen LogP) is 3.14. The normalized spacial score (nSPS) is 17.4. The van der Waals surface area contributed by atoms with Crippen molar-refractivity contribution in [1.82, 2.24) is 14.9 Å². The summed E-state index contributed by atoms with van der Waals surface area (Å²) in [4.78, 5) is 11.3. The van der Waals surface area contributed by atoms with E-state index in [-0.39, 0.29) is 0 Å². The van der Waals surface area contributed by atoms with Gasteiger partial charge in [0, 0.05) is 18.5 Å². The number of nitrogens with zero attached hydrogens (tertiary/aromatic N) is 3. The number of anilines is 1. The molecule has 0 aromatic carbocycles. The molecular weight excluding hydrogens is 272 g/mol. The third-order valence-electron chi connectivity index (χ3n) is 4.16. The van der Waals surface area contributed by atoms with Crippen molar-refractivity contribution in [3.05, 3.63) is 16.5 Å². The Kier molecular flexibility index (Phi) is 5.61. The number of hydrogen-bond acceptors (Lipinski definition) is 4. The Morgan fingerprint density at radius 2 is 1.95 bits per heavy atom. The van der Waals surface area contributed by atoms with E-state index in [0.29, 0.717) is 5.15 Å². The van der Waals surface area contributed by atoms with Gasteiger partial charge in [-0.2, -0.15) is 0 Å². The van der Waals surface area contributed by atoms with E-state index in [1.54, 1.807) is 0 Å². The second-order valence-corrected chi connectivity index (χ2v) is 5.87. The summed E-state index contributed by atoms with van der Waals surface area (Å²) < 4.78 is 0. The number of hydrogen-bond donors (Lipinski definition) is 1. The highest BCUT2D eigenvalue weighted by Crippen LogP contribution is 2.22. The molecule has 2 rings (SSSR count). The molecule has 1 aromatic heterocycles. The minimum atomic E-state index is 0.570. The molecule has 0 saturated carbocycles. The van der Waals surface area contributed by atoms with Gasteiger partial charge in [0.25, 0.3) is 0 Å². The molecule has 1 fully saturated rings. The van der Waals surface area contributed by atoms with Crippen LogP contribution in [0.4, 0.5) is 5.82 Å². The summed E-state index contributed by atoms with van der Waals surface area (Å²) in [5.41, 5.74) is 0.954. The topological polar surface area (TPSA) is 41.1 Å². The summed E-state index contributed by atoms with van der Waals surface area (Å²) in [6, 6.07) is 0. The van der Waals surface area contributed by atoms with E-state index < -0.39 is 0 Å². The van der Waals surface area contributed by atoms with Gasteiger partial charge >= 0.3 is 0 Å². The zero-order valence-corrected chi connectivity index (χ0v) is 13.5. The molecule has 1 aromatic rings. The van der Waals surface area contributed by atoms with Crippen LogP contribution in [0.1, 0.15) is 38.1 Å². The molecule has 0 bridgehead atoms. The molecule has 0 atom stereocenters. The predicted molar refractivity (Wildman–Crippen MR) is 84.5 cm³/mol. The molecule has 0 radical (unpaired) electrons. The zero-order valence-electron chi connectivity index (χ0n) is 12.7. The van der Waals surface area contributed by atoms with E-state index in [4.69, 9.17) is 11.6 Å². The molecule has 2 heterocycles. The molecular formula is C15H25ClN4. The Morgan fingerprint density at radius 1 is 1.25 bits per heavy atom. The van der Waals surface area contributed by atoms with Gasteiger partial charge in [0.05, 0.1) is 0 Å². The maximum atomic E-state index is 6.16. The van der Waals surface area contributed by atoms with Crippen LogP contribution in [0.5, 0.6) is 0 Å². The van der Waals surface area contributed by atoms with Crippen molar-refractivity contribution in [1.29, 1.82) is 0 Å². The molecule has 1 aliphatic rings. The first-order valence-electron chi connectivity index (χ1n) is 7.63. The van der Waals surface area contributed by atoms with Gasteiger partial charge in [0.15, 0.2) is 0 Å². The first-order valence-corrected chi connectivity index (χ1v) is 8.01. The molecule has 1 saturated heterocycles. The van der Waals surface area contributed by atoms with Crippen molar-refractivity contribution in [2.75, 3.05) is 31.5 Å². The van der Waals surface area contributed by atoms with E-state index in [1.807, 2.05) is 13.8 Å². The van der Waals surface area contributed by atoms with Gasteiger partial charge in [-0.05, 0) is 45.3 Å². The lowest BCUT2D eigenvalue weighted by Crippen LogP contribution is -2.35. The standard InChI is InChI=1S/C15H25ClN4/c1-4-13-18-14(16)11(3)15(19-13)17-10-12-6-8-20(5-2)9-7-12/h12H,4-10H2,1-3H3,(H,17,18,19). The van der Waals surface area contributed by atoms with E-state index >= 15 is 0 Å². The summed E-state index contributed by atoms with van der Waals surface area (Å²) in [7, 11) is 0. The molecule has 0 spiro atoms. The lowest BCUT2D eigenvalue weighted by atomic mass is 9.97. The maximum absolute atomic E-state index is 6.16. The van der Waals surface area contributed by atoms with Crippen molar-refractivity contribution < 1.29 is 0 Å². The van der Waals surface area contributed by atoms with E-state index in [0.717, 1.165) is 36.1 Å². The molecule has 20 heavy (non-hydrogen) atoms. The smallest absolute Gasteiger partial charge is 0.137 e. The van der Waals surface area contributed by atoms with E-state index in [1.165, 1.54) is 32.5 Å². The molecule has 0 amide bonds. The lowest BCUT2D eigenvalue weighted by Gasteiger charge is -2.31. The Bertz CT molecular complexity index is 442. The maximum Gasteiger partial charge on any atom is 0.137 e. The van der Waals surface area contributed by atoms with Gasteiger partial charge in [-0.15, -0.1) is 0 Å². The largest absolute Gasteiger partial charge is 0.369 e. The van der Waals surface area contributed by atoms with Crippen LogP contribution in [0.15, 0.2) is 0 Å². The van der Waals surface area contributed by atoms with Gasteiger partial charge in [0.1, 0.15) is 16.8 Å². The Hall–Kier alpha value is -0.870. The van der Waals surface area contributed by atoms with Crippen LogP contribution in [-0.4, -0.2) is 41.0 Å². The lowest BCUT2D eigenvalue weighted by molar-refractivity contribution is 0.198. The number of piperidine rings is 1. The highest BCUT2D eigenvalue weighted by Gasteiger charge is 2.18. The van der Waals surface area contributed by atoms with Crippen LogP contribution in [0, 0.1) is 12.8 Å². The van der Waals surface area contributed by atoms with Gasteiger partial charge in [-0.3, -0.25) is 0 Å². The zero-order chi connectivity index (χ0) is 14.5. The van der Waals surface area contributed by atoms with Crippen molar-refractivity contribution in [2.45, 2.75) is 40.0 Å². The van der Waals surface area contributed by atoms with Gasteiger partial charge in [-0.25, -0.2) is 9.97 Å². The Labute approximate surface area is 126 Å². The Morgan fingerprint density at radius 3 is 2.55 bits per heavy atom. The van der Waals surface area contributed by atoms with Crippen LogP contribution < -0.4 is 5.32 Å². The Balaban J connectivity index is 1.92. The van der Waals surface area contributed by atoms with Crippen molar-refractivity contribution in [3.8, 4) is 0 Å². The van der Waals surface area contributed by atoms with Gasteiger partial charge < -0.3 is 10.2 Å². The molecule has 5 heteroatoms. The minimum Gasteiger partial charge on any atom is -0.369 e. The summed E-state index contributed by atoms with van der Waals surface area (Å²) in [6.45, 7) is 10.8. The van der Waals surface area contributed by atoms with Crippen LogP contribution in [-0.2, 0) is 6.42 Å². The van der Waals surface area contributed by atoms with Crippen molar-refractivity contribution in [2.24, 2.45) is 5.92 Å². The molecule has 1 N–H and O–H groups in total. The highest BCUT2D eigenvalue weighted by molar-refractivity contribution is 6.30.